The molecule has 2 amide bonds. The first-order valence-electron chi connectivity index (χ1n) is 7.62. The number of carboxylic acids is 1. The molecule has 1 unspecified atom stereocenters. The molecule has 1 fully saturated rings. The second kappa shape index (κ2) is 7.11. The van der Waals surface area contributed by atoms with E-state index in [1.54, 1.807) is 20.8 Å². The van der Waals surface area contributed by atoms with Crippen molar-refractivity contribution in [2.24, 2.45) is 11.3 Å². The molecule has 1 aliphatic heterocycles. The number of urea groups is 1. The van der Waals surface area contributed by atoms with Gasteiger partial charge in [0.15, 0.2) is 0 Å². The van der Waals surface area contributed by atoms with E-state index < -0.39 is 23.5 Å². The summed E-state index contributed by atoms with van der Waals surface area (Å²) in [6.07, 6.45) is 1.07. The average molecular weight is 299 g/mol. The lowest BCUT2D eigenvalue weighted by Gasteiger charge is -2.28. The van der Waals surface area contributed by atoms with Gasteiger partial charge in [-0.25, -0.2) is 9.59 Å². The zero-order valence-corrected chi connectivity index (χ0v) is 13.8. The van der Waals surface area contributed by atoms with E-state index in [1.807, 2.05) is 0 Å². The minimum Gasteiger partial charge on any atom is -0.480 e. The fourth-order valence-corrected chi connectivity index (χ4v) is 2.57. The van der Waals surface area contributed by atoms with E-state index in [1.165, 1.54) is 0 Å². The molecule has 0 aromatic rings. The van der Waals surface area contributed by atoms with E-state index in [2.05, 4.69) is 29.4 Å². The van der Waals surface area contributed by atoms with Crippen LogP contribution in [0.5, 0.6) is 0 Å². The van der Waals surface area contributed by atoms with Crippen LogP contribution in [0.15, 0.2) is 0 Å². The van der Waals surface area contributed by atoms with Crippen LogP contribution in [0.3, 0.4) is 0 Å². The first-order valence-corrected chi connectivity index (χ1v) is 7.62. The lowest BCUT2D eigenvalue weighted by Crippen LogP contribution is -2.52. The Morgan fingerprint density at radius 1 is 1.33 bits per heavy atom. The zero-order valence-electron chi connectivity index (χ0n) is 13.8. The van der Waals surface area contributed by atoms with Crippen molar-refractivity contribution in [2.75, 3.05) is 19.6 Å². The standard InChI is InChI=1S/C15H29N3O3/c1-10(2)18-7-6-11(9-18)8-16-14(21)17-12(13(19)20)15(3,4)5/h10-12H,6-9H2,1-5H3,(H,19,20)(H2,16,17,21)/t11?,12-/m1/s1. The van der Waals surface area contributed by atoms with Crippen LogP contribution >= 0.6 is 0 Å². The van der Waals surface area contributed by atoms with Gasteiger partial charge in [0.25, 0.3) is 0 Å². The lowest BCUT2D eigenvalue weighted by molar-refractivity contribution is -0.141. The summed E-state index contributed by atoms with van der Waals surface area (Å²) in [5, 5.41) is 14.5. The van der Waals surface area contributed by atoms with Gasteiger partial charge in [-0.3, -0.25) is 0 Å². The van der Waals surface area contributed by atoms with Crippen LogP contribution in [0.4, 0.5) is 4.79 Å². The van der Waals surface area contributed by atoms with Gasteiger partial charge in [-0.15, -0.1) is 0 Å². The second-order valence-electron chi connectivity index (χ2n) is 7.24. The number of likely N-dealkylation sites (tertiary alicyclic amines) is 1. The van der Waals surface area contributed by atoms with Crippen LogP contribution < -0.4 is 10.6 Å². The van der Waals surface area contributed by atoms with Gasteiger partial charge in [0.1, 0.15) is 6.04 Å². The van der Waals surface area contributed by atoms with Crippen molar-refractivity contribution in [3.8, 4) is 0 Å². The summed E-state index contributed by atoms with van der Waals surface area (Å²) < 4.78 is 0. The number of rotatable bonds is 5. The number of carbonyl (C=O) groups is 2. The molecule has 6 heteroatoms. The van der Waals surface area contributed by atoms with E-state index in [4.69, 9.17) is 0 Å². The Bertz CT molecular complexity index is 377. The van der Waals surface area contributed by atoms with Crippen LogP contribution in [0, 0.1) is 11.3 Å². The quantitative estimate of drug-likeness (QED) is 0.719. The molecule has 1 heterocycles. The number of hydrogen-bond acceptors (Lipinski definition) is 3. The molecule has 1 rings (SSSR count). The highest BCUT2D eigenvalue weighted by Crippen LogP contribution is 2.20. The number of hydrogen-bond donors (Lipinski definition) is 3. The van der Waals surface area contributed by atoms with Crippen molar-refractivity contribution in [1.29, 1.82) is 0 Å². The summed E-state index contributed by atoms with van der Waals surface area (Å²) in [5.74, 6) is -0.569. The van der Waals surface area contributed by atoms with Gasteiger partial charge < -0.3 is 20.6 Å². The Morgan fingerprint density at radius 2 is 1.95 bits per heavy atom. The van der Waals surface area contributed by atoms with Crippen molar-refractivity contribution >= 4 is 12.0 Å². The molecule has 0 radical (unpaired) electrons. The summed E-state index contributed by atoms with van der Waals surface area (Å²) in [5.41, 5.74) is -0.523. The van der Waals surface area contributed by atoms with Gasteiger partial charge in [0.2, 0.25) is 0 Å². The predicted molar refractivity (Wildman–Crippen MR) is 82.2 cm³/mol. The first-order chi connectivity index (χ1) is 9.61. The maximum absolute atomic E-state index is 11.9. The van der Waals surface area contributed by atoms with Crippen molar-refractivity contribution < 1.29 is 14.7 Å². The van der Waals surface area contributed by atoms with Crippen LogP contribution in [0.25, 0.3) is 0 Å². The van der Waals surface area contributed by atoms with Gasteiger partial charge in [0, 0.05) is 19.1 Å². The Kier molecular flexibility index (Phi) is 6.01. The molecule has 21 heavy (non-hydrogen) atoms. The normalized spacial score (nSPS) is 21.3. The Morgan fingerprint density at radius 3 is 2.38 bits per heavy atom. The summed E-state index contributed by atoms with van der Waals surface area (Å²) in [6.45, 7) is 12.4. The molecule has 0 aliphatic carbocycles. The molecule has 0 spiro atoms. The fraction of sp³-hybridized carbons (Fsp3) is 0.867. The summed E-state index contributed by atoms with van der Waals surface area (Å²) in [7, 11) is 0. The molecule has 1 aliphatic rings. The second-order valence-corrected chi connectivity index (χ2v) is 7.24. The van der Waals surface area contributed by atoms with E-state index in [-0.39, 0.29) is 0 Å². The molecule has 0 bridgehead atoms. The predicted octanol–water partition coefficient (Wildman–Crippen LogP) is 1.52. The minimum absolute atomic E-state index is 0.402. The van der Waals surface area contributed by atoms with Gasteiger partial charge in [-0.2, -0.15) is 0 Å². The van der Waals surface area contributed by atoms with Gasteiger partial charge in [-0.1, -0.05) is 20.8 Å². The van der Waals surface area contributed by atoms with Crippen LogP contribution in [0.2, 0.25) is 0 Å². The summed E-state index contributed by atoms with van der Waals surface area (Å²) >= 11 is 0. The van der Waals surface area contributed by atoms with Gasteiger partial charge >= 0.3 is 12.0 Å². The number of aliphatic carboxylic acids is 1. The average Bonchev–Trinajstić information content (AvgIpc) is 2.80. The molecule has 3 N–H and O–H groups in total. The third-order valence-electron chi connectivity index (χ3n) is 3.99. The molecule has 0 aromatic carbocycles. The van der Waals surface area contributed by atoms with E-state index in [9.17, 15) is 14.7 Å². The molecule has 1 saturated heterocycles. The molecule has 0 aromatic heterocycles. The zero-order chi connectivity index (χ0) is 16.2. The van der Waals surface area contributed by atoms with Gasteiger partial charge in [0.05, 0.1) is 0 Å². The maximum Gasteiger partial charge on any atom is 0.326 e. The Balaban J connectivity index is 2.39. The maximum atomic E-state index is 11.9. The molecular formula is C15H29N3O3. The van der Waals surface area contributed by atoms with Crippen LogP contribution in [-0.2, 0) is 4.79 Å². The van der Waals surface area contributed by atoms with E-state index >= 15 is 0 Å². The largest absolute Gasteiger partial charge is 0.480 e. The number of nitrogens with one attached hydrogen (secondary N) is 2. The molecule has 6 nitrogen and oxygen atoms in total. The van der Waals surface area contributed by atoms with Crippen LogP contribution in [0.1, 0.15) is 41.0 Å². The third kappa shape index (κ3) is 5.53. The number of amides is 2. The van der Waals surface area contributed by atoms with Crippen molar-refractivity contribution in [1.82, 2.24) is 15.5 Å². The monoisotopic (exact) mass is 299 g/mol. The highest BCUT2D eigenvalue weighted by molar-refractivity contribution is 5.83. The smallest absolute Gasteiger partial charge is 0.326 e. The topological polar surface area (TPSA) is 81.7 Å². The number of carbonyl (C=O) groups excluding carboxylic acids is 1. The third-order valence-corrected chi connectivity index (χ3v) is 3.99. The minimum atomic E-state index is -1.01. The van der Waals surface area contributed by atoms with Crippen molar-refractivity contribution in [2.45, 2.75) is 53.1 Å². The summed E-state index contributed by atoms with van der Waals surface area (Å²) in [4.78, 5) is 25.5. The highest BCUT2D eigenvalue weighted by Gasteiger charge is 2.33. The summed E-state index contributed by atoms with van der Waals surface area (Å²) in [6, 6.07) is -0.769. The molecule has 122 valence electrons. The number of carboxylic acid groups (broad SMARTS) is 1. The molecular weight excluding hydrogens is 270 g/mol. The molecule has 2 atom stereocenters. The van der Waals surface area contributed by atoms with E-state index in [0.29, 0.717) is 18.5 Å². The SMILES string of the molecule is CC(C)N1CCC(CNC(=O)N[C@H](C(=O)O)C(C)(C)C)C1. The van der Waals surface area contributed by atoms with Gasteiger partial charge in [-0.05, 0) is 38.1 Å². The first kappa shape index (κ1) is 17.8. The Labute approximate surface area is 127 Å². The molecule has 0 saturated carbocycles. The van der Waals surface area contributed by atoms with E-state index in [0.717, 1.165) is 19.5 Å². The highest BCUT2D eigenvalue weighted by atomic mass is 16.4. The van der Waals surface area contributed by atoms with Crippen molar-refractivity contribution in [3.05, 3.63) is 0 Å². The van der Waals surface area contributed by atoms with Crippen molar-refractivity contribution in [3.63, 3.8) is 0 Å². The fourth-order valence-electron chi connectivity index (χ4n) is 2.57. The Hall–Kier alpha value is -1.30. The number of nitrogens with zero attached hydrogens (tertiary/aromatic N) is 1. The lowest BCUT2D eigenvalue weighted by atomic mass is 9.87. The van der Waals surface area contributed by atoms with Crippen LogP contribution in [-0.4, -0.2) is 53.7 Å².